The van der Waals surface area contributed by atoms with Gasteiger partial charge in [0.15, 0.2) is 0 Å². The van der Waals surface area contributed by atoms with Crippen molar-refractivity contribution in [2.24, 2.45) is 5.73 Å². The number of hydrogen-bond donors (Lipinski definition) is 3. The van der Waals surface area contributed by atoms with Gasteiger partial charge in [-0.1, -0.05) is 25.1 Å². The first-order valence-corrected chi connectivity index (χ1v) is 12.6. The highest BCUT2D eigenvalue weighted by molar-refractivity contribution is 5.93. The average Bonchev–Trinajstić information content (AvgIpc) is 2.73. The minimum atomic E-state index is -1.11. The van der Waals surface area contributed by atoms with Crippen LogP contribution in [0, 0.1) is 13.8 Å². The lowest BCUT2D eigenvalue weighted by atomic mass is 9.92. The number of nitrogens with one attached hydrogen (secondary N) is 2. The second-order valence-corrected chi connectivity index (χ2v) is 10.6. The van der Waals surface area contributed by atoms with E-state index < -0.39 is 35.6 Å². The Balaban J connectivity index is 3.64. The van der Waals surface area contributed by atoms with Crippen molar-refractivity contribution in [3.63, 3.8) is 0 Å². The Kier molecular flexibility index (Phi) is 11.4. The Labute approximate surface area is 215 Å². The average molecular weight is 505 g/mol. The third kappa shape index (κ3) is 9.17. The van der Waals surface area contributed by atoms with E-state index in [2.05, 4.69) is 10.6 Å². The number of carbonyl (C=O) groups excluding carboxylic acids is 4. The predicted octanol–water partition coefficient (Wildman–Crippen LogP) is 3.66. The number of nitrogens with two attached hydrogens (primary N) is 1. The van der Waals surface area contributed by atoms with Crippen molar-refractivity contribution in [3.8, 4) is 0 Å². The first kappa shape index (κ1) is 30.9. The Morgan fingerprint density at radius 1 is 1.03 bits per heavy atom. The summed E-state index contributed by atoms with van der Waals surface area (Å²) in [6, 6.07) is 3.16. The number of carbonyl (C=O) groups is 4. The molecule has 0 fully saturated rings. The number of nitrogens with zero attached hydrogens (tertiary/aromatic N) is 1. The molecule has 0 aromatic heterocycles. The van der Waals surface area contributed by atoms with Gasteiger partial charge in [-0.05, 0) is 84.9 Å². The Morgan fingerprint density at radius 3 is 2.03 bits per heavy atom. The standard InChI is InChI=1S/C27H44N4O5/c1-10-19(6)31(23(24(33)29-16(2)3)22-17(4)12-11-13-18(22)5)25(34)20(14-15-21(28)32)30-26(35)36-27(7,8)9/h11-13,16,19-20,23H,10,14-15H2,1-9H3,(H2,28,32)(H,29,33)(H,30,35). The Bertz CT molecular complexity index is 918. The normalized spacial score (nSPS) is 13.9. The van der Waals surface area contributed by atoms with E-state index in [9.17, 15) is 19.2 Å². The van der Waals surface area contributed by atoms with Crippen LogP contribution in [0.25, 0.3) is 0 Å². The van der Waals surface area contributed by atoms with Gasteiger partial charge in [-0.25, -0.2) is 4.79 Å². The molecule has 1 rings (SSSR count). The van der Waals surface area contributed by atoms with Crippen LogP contribution in [0.1, 0.15) is 90.5 Å². The van der Waals surface area contributed by atoms with Crippen molar-refractivity contribution in [2.45, 2.75) is 111 Å². The fraction of sp³-hybridized carbons (Fsp3) is 0.630. The van der Waals surface area contributed by atoms with Crippen LogP contribution >= 0.6 is 0 Å². The molecule has 1 aromatic carbocycles. The van der Waals surface area contributed by atoms with E-state index in [0.29, 0.717) is 6.42 Å². The van der Waals surface area contributed by atoms with Crippen LogP contribution in [0.15, 0.2) is 18.2 Å². The number of aryl methyl sites for hydroxylation is 2. The third-order valence-electron chi connectivity index (χ3n) is 5.76. The zero-order valence-electron chi connectivity index (χ0n) is 23.2. The summed E-state index contributed by atoms with van der Waals surface area (Å²) in [5.74, 6) is -1.40. The molecule has 9 heteroatoms. The first-order chi connectivity index (χ1) is 16.6. The minimum absolute atomic E-state index is 0.0222. The predicted molar refractivity (Wildman–Crippen MR) is 140 cm³/mol. The number of amides is 4. The molecule has 202 valence electrons. The van der Waals surface area contributed by atoms with Crippen molar-refractivity contribution >= 4 is 23.8 Å². The molecule has 4 amide bonds. The number of hydrogen-bond acceptors (Lipinski definition) is 5. The van der Waals surface area contributed by atoms with E-state index in [1.165, 1.54) is 4.90 Å². The molecule has 4 N–H and O–H groups in total. The second-order valence-electron chi connectivity index (χ2n) is 10.6. The molecule has 0 aliphatic heterocycles. The summed E-state index contributed by atoms with van der Waals surface area (Å²) in [5, 5.41) is 5.56. The van der Waals surface area contributed by atoms with Gasteiger partial charge in [-0.2, -0.15) is 0 Å². The van der Waals surface area contributed by atoms with Gasteiger partial charge in [0.05, 0.1) is 0 Å². The molecule has 3 atom stereocenters. The zero-order chi connectivity index (χ0) is 27.8. The van der Waals surface area contributed by atoms with Gasteiger partial charge in [0.25, 0.3) is 0 Å². The molecular weight excluding hydrogens is 460 g/mol. The molecule has 0 aliphatic carbocycles. The summed E-state index contributed by atoms with van der Waals surface area (Å²) in [7, 11) is 0. The molecule has 36 heavy (non-hydrogen) atoms. The van der Waals surface area contributed by atoms with Crippen LogP contribution in [-0.2, 0) is 19.1 Å². The molecule has 0 saturated heterocycles. The van der Waals surface area contributed by atoms with E-state index >= 15 is 0 Å². The van der Waals surface area contributed by atoms with Crippen LogP contribution in [0.2, 0.25) is 0 Å². The van der Waals surface area contributed by atoms with Crippen molar-refractivity contribution in [3.05, 3.63) is 34.9 Å². The number of primary amides is 1. The monoisotopic (exact) mass is 504 g/mol. The fourth-order valence-electron chi connectivity index (χ4n) is 3.99. The topological polar surface area (TPSA) is 131 Å². The van der Waals surface area contributed by atoms with Gasteiger partial charge in [-0.3, -0.25) is 14.4 Å². The summed E-state index contributed by atoms with van der Waals surface area (Å²) < 4.78 is 5.36. The summed E-state index contributed by atoms with van der Waals surface area (Å²) >= 11 is 0. The summed E-state index contributed by atoms with van der Waals surface area (Å²) in [6.45, 7) is 16.4. The minimum Gasteiger partial charge on any atom is -0.444 e. The Hall–Kier alpha value is -3.10. The molecule has 0 aliphatic rings. The van der Waals surface area contributed by atoms with Gasteiger partial charge < -0.3 is 26.0 Å². The third-order valence-corrected chi connectivity index (χ3v) is 5.76. The molecule has 0 bridgehead atoms. The van der Waals surface area contributed by atoms with Gasteiger partial charge in [0.2, 0.25) is 17.7 Å². The maximum Gasteiger partial charge on any atom is 0.408 e. The van der Waals surface area contributed by atoms with Crippen molar-refractivity contribution in [1.82, 2.24) is 15.5 Å². The maximum atomic E-state index is 14.1. The zero-order valence-corrected chi connectivity index (χ0v) is 23.2. The lowest BCUT2D eigenvalue weighted by Crippen LogP contribution is -2.56. The first-order valence-electron chi connectivity index (χ1n) is 12.6. The highest BCUT2D eigenvalue weighted by Gasteiger charge is 2.39. The smallest absolute Gasteiger partial charge is 0.408 e. The molecule has 0 heterocycles. The number of rotatable bonds is 11. The van der Waals surface area contributed by atoms with Crippen molar-refractivity contribution < 1.29 is 23.9 Å². The quantitative estimate of drug-likeness (QED) is 0.423. The number of alkyl carbamates (subject to hydrolysis) is 1. The van der Waals surface area contributed by atoms with Crippen LogP contribution < -0.4 is 16.4 Å². The van der Waals surface area contributed by atoms with Gasteiger partial charge in [0.1, 0.15) is 17.7 Å². The lowest BCUT2D eigenvalue weighted by molar-refractivity contribution is -0.145. The van der Waals surface area contributed by atoms with Crippen LogP contribution in [0.4, 0.5) is 4.79 Å². The highest BCUT2D eigenvalue weighted by Crippen LogP contribution is 2.31. The number of ether oxygens (including phenoxy) is 1. The fourth-order valence-corrected chi connectivity index (χ4v) is 3.99. The van der Waals surface area contributed by atoms with Gasteiger partial charge in [0, 0.05) is 18.5 Å². The highest BCUT2D eigenvalue weighted by atomic mass is 16.6. The van der Waals surface area contributed by atoms with E-state index in [0.717, 1.165) is 16.7 Å². The van der Waals surface area contributed by atoms with Crippen LogP contribution in [0.3, 0.4) is 0 Å². The van der Waals surface area contributed by atoms with E-state index in [1.807, 2.05) is 59.7 Å². The molecule has 0 spiro atoms. The van der Waals surface area contributed by atoms with Gasteiger partial charge in [-0.15, -0.1) is 0 Å². The molecule has 9 nitrogen and oxygen atoms in total. The SMILES string of the molecule is CCC(C)N(C(=O)C(CCC(N)=O)NC(=O)OC(C)(C)C)C(C(=O)NC(C)C)c1c(C)cccc1C. The molecular formula is C27H44N4O5. The van der Waals surface area contributed by atoms with Crippen molar-refractivity contribution in [2.75, 3.05) is 0 Å². The van der Waals surface area contributed by atoms with E-state index in [4.69, 9.17) is 10.5 Å². The van der Waals surface area contributed by atoms with Crippen LogP contribution in [-0.4, -0.2) is 52.4 Å². The van der Waals surface area contributed by atoms with Gasteiger partial charge >= 0.3 is 6.09 Å². The van der Waals surface area contributed by atoms with E-state index in [-0.39, 0.29) is 30.8 Å². The molecule has 0 saturated carbocycles. The maximum absolute atomic E-state index is 14.1. The Morgan fingerprint density at radius 2 is 1.58 bits per heavy atom. The molecule has 0 radical (unpaired) electrons. The molecule has 1 aromatic rings. The van der Waals surface area contributed by atoms with Crippen LogP contribution in [0.5, 0.6) is 0 Å². The number of benzene rings is 1. The van der Waals surface area contributed by atoms with Crippen molar-refractivity contribution in [1.29, 1.82) is 0 Å². The molecule has 3 unspecified atom stereocenters. The summed E-state index contributed by atoms with van der Waals surface area (Å²) in [4.78, 5) is 53.4. The largest absolute Gasteiger partial charge is 0.444 e. The van der Waals surface area contributed by atoms with E-state index in [1.54, 1.807) is 20.8 Å². The summed E-state index contributed by atoms with van der Waals surface area (Å²) in [6.07, 6.45) is -0.361. The summed E-state index contributed by atoms with van der Waals surface area (Å²) in [5.41, 5.74) is 7.05. The second kappa shape index (κ2) is 13.3. The lowest BCUT2D eigenvalue weighted by Gasteiger charge is -2.39.